The zero-order valence-electron chi connectivity index (χ0n) is 19.5. The lowest BCUT2D eigenvalue weighted by Crippen LogP contribution is -2.32. The smallest absolute Gasteiger partial charge is 0.390 e. The van der Waals surface area contributed by atoms with E-state index in [0.717, 1.165) is 16.8 Å². The molecule has 0 aliphatic carbocycles. The van der Waals surface area contributed by atoms with Gasteiger partial charge in [0.15, 0.2) is 0 Å². The molecule has 2 aromatic rings. The Hall–Kier alpha value is -2.62. The standard InChI is InChI=1S/C15H17N4O18P3S/c20-9-5-12(17-2-1-11(21)16-15(17)22)34-14(9)13(35-39(30,31)37-40(32,33)36-38(27,28)29)6-3-10(41)8(19(25)26)4-7(6)18(23)24/h1-4,9,12-14,20,41H,5H2,(H,30,31)(H,32,33)(H,16,21,22)(H2,27,28,29)/t9-,12+,13?,14-/m0/s1. The summed E-state index contributed by atoms with van der Waals surface area (Å²) in [6.45, 7) is 0. The average molecular weight is 666 g/mol. The van der Waals surface area contributed by atoms with Gasteiger partial charge in [0.1, 0.15) is 18.4 Å². The molecule has 1 aromatic carbocycles. The SMILES string of the molecule is O=c1ccn([C@H]2C[C@H](O)[C@@H](C(OP(=O)(O)OP(=O)(O)OP(=O)(O)O)c3cc(S)c([N+](=O)[O-])cc3[N+](=O)[O-])O2)c(=O)[nH]1. The van der Waals surface area contributed by atoms with E-state index in [1.807, 2.05) is 4.98 Å². The number of ether oxygens (including phenoxy) is 1. The number of hydrogen-bond acceptors (Lipinski definition) is 15. The number of aromatic nitrogens is 2. The van der Waals surface area contributed by atoms with Gasteiger partial charge in [0.05, 0.1) is 32.5 Å². The van der Waals surface area contributed by atoms with Crippen molar-refractivity contribution < 1.29 is 66.1 Å². The lowest BCUT2D eigenvalue weighted by atomic mass is 9.98. The molecular weight excluding hydrogens is 649 g/mol. The van der Waals surface area contributed by atoms with Crippen molar-refractivity contribution in [3.63, 3.8) is 0 Å². The van der Waals surface area contributed by atoms with Gasteiger partial charge in [-0.15, -0.1) is 12.6 Å². The van der Waals surface area contributed by atoms with Gasteiger partial charge in [-0.1, -0.05) is 0 Å². The fourth-order valence-corrected chi connectivity index (χ4v) is 7.09. The first-order valence-electron chi connectivity index (χ1n) is 10.3. The fourth-order valence-electron chi connectivity index (χ4n) is 3.63. The summed E-state index contributed by atoms with van der Waals surface area (Å²) in [7, 11) is -18.0. The van der Waals surface area contributed by atoms with Crippen LogP contribution < -0.4 is 11.2 Å². The Morgan fingerprint density at radius 1 is 1.05 bits per heavy atom. The molecule has 1 aliphatic rings. The van der Waals surface area contributed by atoms with Crippen molar-refractivity contribution in [1.82, 2.24) is 9.55 Å². The molecule has 226 valence electrons. The fraction of sp³-hybridized carbons (Fsp3) is 0.333. The minimum atomic E-state index is -6.08. The van der Waals surface area contributed by atoms with Crippen LogP contribution in [-0.2, 0) is 31.6 Å². The number of rotatable bonds is 11. The summed E-state index contributed by atoms with van der Waals surface area (Å²) in [5.41, 5.74) is -4.77. The predicted molar refractivity (Wildman–Crippen MR) is 131 cm³/mol. The van der Waals surface area contributed by atoms with Crippen molar-refractivity contribution in [2.45, 2.75) is 35.9 Å². The van der Waals surface area contributed by atoms with E-state index in [1.165, 1.54) is 0 Å². The summed E-state index contributed by atoms with van der Waals surface area (Å²) in [6, 6.07) is 1.88. The summed E-state index contributed by atoms with van der Waals surface area (Å²) in [6.07, 6.45) is -7.25. The van der Waals surface area contributed by atoms with Gasteiger partial charge >= 0.3 is 29.2 Å². The highest BCUT2D eigenvalue weighted by Gasteiger charge is 2.49. The van der Waals surface area contributed by atoms with Crippen LogP contribution in [0.1, 0.15) is 24.3 Å². The van der Waals surface area contributed by atoms with Gasteiger partial charge in [0, 0.05) is 18.7 Å². The highest BCUT2D eigenvalue weighted by molar-refractivity contribution is 7.80. The van der Waals surface area contributed by atoms with Crippen LogP contribution >= 0.6 is 36.1 Å². The number of nitro groups is 2. The Kier molecular flexibility index (Phi) is 9.57. The third kappa shape index (κ3) is 8.23. The van der Waals surface area contributed by atoms with E-state index >= 15 is 0 Å². The number of phosphoric acid groups is 3. The second-order valence-corrected chi connectivity index (χ2v) is 12.8. The van der Waals surface area contributed by atoms with E-state index in [0.29, 0.717) is 12.1 Å². The normalized spacial score (nSPS) is 22.9. The Morgan fingerprint density at radius 2 is 1.66 bits per heavy atom. The molecule has 1 aromatic heterocycles. The minimum Gasteiger partial charge on any atom is -0.390 e. The largest absolute Gasteiger partial charge is 0.490 e. The van der Waals surface area contributed by atoms with Gasteiger partial charge in [0.25, 0.3) is 16.9 Å². The van der Waals surface area contributed by atoms with Crippen LogP contribution in [0.2, 0.25) is 0 Å². The van der Waals surface area contributed by atoms with E-state index < -0.39 is 97.4 Å². The first-order chi connectivity index (χ1) is 18.7. The highest BCUT2D eigenvalue weighted by atomic mass is 32.1. The number of benzene rings is 1. The highest BCUT2D eigenvalue weighted by Crippen LogP contribution is 2.67. The maximum Gasteiger partial charge on any atom is 0.490 e. The molecule has 26 heteroatoms. The first kappa shape index (κ1) is 32.9. The summed E-state index contributed by atoms with van der Waals surface area (Å²) in [5.74, 6) is 0. The summed E-state index contributed by atoms with van der Waals surface area (Å²) in [4.78, 5) is 82.7. The molecule has 0 bridgehead atoms. The van der Waals surface area contributed by atoms with Crippen LogP contribution in [0.3, 0.4) is 0 Å². The molecule has 0 amide bonds. The summed E-state index contributed by atoms with van der Waals surface area (Å²) < 4.78 is 53.7. The number of phosphoric ester groups is 1. The van der Waals surface area contributed by atoms with Crippen LogP contribution in [0.5, 0.6) is 0 Å². The number of aliphatic hydroxyl groups excluding tert-OH is 1. The van der Waals surface area contributed by atoms with Gasteiger partial charge in [-0.3, -0.25) is 39.1 Å². The average Bonchev–Trinajstić information content (AvgIpc) is 3.15. The molecule has 1 fully saturated rings. The number of nitro benzene ring substituents is 2. The van der Waals surface area contributed by atoms with Crippen LogP contribution in [0.15, 0.2) is 38.9 Å². The second kappa shape index (κ2) is 11.9. The van der Waals surface area contributed by atoms with Crippen molar-refractivity contribution >= 4 is 47.5 Å². The number of thiol groups is 1. The van der Waals surface area contributed by atoms with Gasteiger partial charge in [0.2, 0.25) is 0 Å². The third-order valence-electron chi connectivity index (χ3n) is 5.08. The molecule has 0 saturated carbocycles. The van der Waals surface area contributed by atoms with E-state index in [-0.39, 0.29) is 0 Å². The van der Waals surface area contributed by atoms with Crippen LogP contribution in [0.25, 0.3) is 0 Å². The van der Waals surface area contributed by atoms with Gasteiger partial charge in [-0.05, 0) is 6.07 Å². The molecule has 6 atom stereocenters. The van der Waals surface area contributed by atoms with Crippen molar-refractivity contribution in [3.8, 4) is 0 Å². The predicted octanol–water partition coefficient (Wildman–Crippen LogP) is 0.375. The molecule has 6 N–H and O–H groups in total. The molecule has 41 heavy (non-hydrogen) atoms. The zero-order valence-corrected chi connectivity index (χ0v) is 23.1. The summed E-state index contributed by atoms with van der Waals surface area (Å²) >= 11 is 3.85. The second-order valence-electron chi connectivity index (χ2n) is 7.91. The number of nitrogens with zero attached hydrogens (tertiary/aromatic N) is 3. The van der Waals surface area contributed by atoms with Crippen LogP contribution in [0.4, 0.5) is 11.4 Å². The van der Waals surface area contributed by atoms with E-state index in [4.69, 9.17) is 19.0 Å². The molecule has 2 heterocycles. The number of aliphatic hydroxyl groups is 1. The number of nitrogens with one attached hydrogen (secondary N) is 1. The number of aromatic amines is 1. The third-order valence-corrected chi connectivity index (χ3v) is 9.26. The van der Waals surface area contributed by atoms with Gasteiger partial charge < -0.3 is 29.4 Å². The molecule has 22 nitrogen and oxygen atoms in total. The molecule has 3 rings (SSSR count). The Labute approximate surface area is 230 Å². The topological polar surface area (TPSA) is 330 Å². The molecule has 0 spiro atoms. The summed E-state index contributed by atoms with van der Waals surface area (Å²) in [5, 5.41) is 33.8. The molecule has 0 radical (unpaired) electrons. The van der Waals surface area contributed by atoms with Crippen molar-refractivity contribution in [3.05, 3.63) is 71.0 Å². The van der Waals surface area contributed by atoms with Gasteiger partial charge in [-0.2, -0.15) is 8.62 Å². The first-order valence-corrected chi connectivity index (χ1v) is 15.3. The maximum absolute atomic E-state index is 12.7. The Balaban J connectivity index is 2.13. The Morgan fingerprint density at radius 3 is 2.20 bits per heavy atom. The number of H-pyrrole nitrogens is 1. The molecular formula is C15H17N4O18P3S. The quantitative estimate of drug-likeness (QED) is 0.0737. The van der Waals surface area contributed by atoms with Crippen LogP contribution in [-0.4, -0.2) is 56.3 Å². The molecule has 1 saturated heterocycles. The van der Waals surface area contributed by atoms with E-state index in [9.17, 15) is 58.4 Å². The lowest BCUT2D eigenvalue weighted by Gasteiger charge is -2.28. The van der Waals surface area contributed by atoms with Crippen molar-refractivity contribution in [1.29, 1.82) is 0 Å². The maximum atomic E-state index is 12.7. The lowest BCUT2D eigenvalue weighted by molar-refractivity contribution is -0.396. The molecule has 1 aliphatic heterocycles. The van der Waals surface area contributed by atoms with E-state index in [2.05, 4.69) is 21.3 Å². The van der Waals surface area contributed by atoms with Crippen molar-refractivity contribution in [2.75, 3.05) is 0 Å². The van der Waals surface area contributed by atoms with Gasteiger partial charge in [-0.25, -0.2) is 18.5 Å². The van der Waals surface area contributed by atoms with Crippen molar-refractivity contribution in [2.24, 2.45) is 0 Å². The minimum absolute atomic E-state index is 0.371. The Bertz CT molecular complexity index is 1640. The van der Waals surface area contributed by atoms with Crippen LogP contribution in [0, 0.1) is 20.2 Å². The number of hydrogen-bond donors (Lipinski definition) is 7. The monoisotopic (exact) mass is 666 g/mol. The van der Waals surface area contributed by atoms with E-state index in [1.54, 1.807) is 0 Å². The zero-order chi connectivity index (χ0) is 31.1. The molecule has 3 unspecified atom stereocenters.